The molecule has 5 nitrogen and oxygen atoms in total. The standard InChI is InChI=1S/C25H30N4O/c1-4-20(2)19-26-21(3)28-25(22-11-7-5-8-12-22)15-17-29(18-16-25)24(30)27-23-13-9-6-10-14-23/h4-14,19,28H,3,15-18H2,1-2H3,(H,27,30)/b20-4-,26-19-. The Morgan fingerprint density at radius 3 is 2.27 bits per heavy atom. The summed E-state index contributed by atoms with van der Waals surface area (Å²) in [5.41, 5.74) is 2.78. The summed E-state index contributed by atoms with van der Waals surface area (Å²) in [5.74, 6) is 0.627. The zero-order valence-electron chi connectivity index (χ0n) is 17.8. The Labute approximate surface area is 179 Å². The van der Waals surface area contributed by atoms with E-state index >= 15 is 0 Å². The van der Waals surface area contributed by atoms with Crippen molar-refractivity contribution in [3.63, 3.8) is 0 Å². The number of aliphatic imine (C=N–C) groups is 1. The Hall–Kier alpha value is -3.34. The van der Waals surface area contributed by atoms with Gasteiger partial charge < -0.3 is 15.5 Å². The van der Waals surface area contributed by atoms with Gasteiger partial charge in [-0.05, 0) is 50.0 Å². The molecule has 0 atom stereocenters. The molecule has 30 heavy (non-hydrogen) atoms. The van der Waals surface area contributed by atoms with Gasteiger partial charge in [-0.3, -0.25) is 0 Å². The molecule has 156 valence electrons. The summed E-state index contributed by atoms with van der Waals surface area (Å²) >= 11 is 0. The van der Waals surface area contributed by atoms with E-state index in [0.717, 1.165) is 24.1 Å². The molecule has 3 rings (SSSR count). The highest BCUT2D eigenvalue weighted by Crippen LogP contribution is 2.34. The normalized spacial score (nSPS) is 16.3. The summed E-state index contributed by atoms with van der Waals surface area (Å²) in [7, 11) is 0. The maximum absolute atomic E-state index is 12.7. The average Bonchev–Trinajstić information content (AvgIpc) is 2.79. The molecule has 2 amide bonds. The van der Waals surface area contributed by atoms with Gasteiger partial charge in [0.05, 0.1) is 5.54 Å². The highest BCUT2D eigenvalue weighted by Gasteiger charge is 2.37. The van der Waals surface area contributed by atoms with Crippen LogP contribution >= 0.6 is 0 Å². The number of hydrogen-bond acceptors (Lipinski definition) is 3. The Kier molecular flexibility index (Phi) is 7.07. The van der Waals surface area contributed by atoms with E-state index in [1.165, 1.54) is 5.56 Å². The van der Waals surface area contributed by atoms with Crippen LogP contribution < -0.4 is 10.6 Å². The van der Waals surface area contributed by atoms with Crippen LogP contribution in [0.3, 0.4) is 0 Å². The molecule has 1 aliphatic rings. The van der Waals surface area contributed by atoms with Crippen LogP contribution in [0.15, 0.2) is 89.7 Å². The number of carbonyl (C=O) groups excluding carboxylic acids is 1. The number of anilines is 1. The lowest BCUT2D eigenvalue weighted by Gasteiger charge is -2.43. The predicted molar refractivity (Wildman–Crippen MR) is 125 cm³/mol. The Balaban J connectivity index is 1.71. The minimum Gasteiger partial charge on any atom is -0.361 e. The number of piperidine rings is 1. The molecule has 0 saturated carbocycles. The van der Waals surface area contributed by atoms with E-state index in [4.69, 9.17) is 0 Å². The number of hydrogen-bond donors (Lipinski definition) is 2. The number of amides is 2. The van der Waals surface area contributed by atoms with Crippen LogP contribution in [0.25, 0.3) is 0 Å². The lowest BCUT2D eigenvalue weighted by atomic mass is 9.81. The summed E-state index contributed by atoms with van der Waals surface area (Å²) < 4.78 is 0. The first-order valence-electron chi connectivity index (χ1n) is 10.3. The number of likely N-dealkylation sites (tertiary alicyclic amines) is 1. The van der Waals surface area contributed by atoms with Crippen molar-refractivity contribution < 1.29 is 4.79 Å². The molecule has 0 unspecified atom stereocenters. The fourth-order valence-corrected chi connectivity index (χ4v) is 3.62. The first-order chi connectivity index (χ1) is 14.5. The molecule has 2 N–H and O–H groups in total. The van der Waals surface area contributed by atoms with Crippen LogP contribution in [0.2, 0.25) is 0 Å². The molecule has 0 spiro atoms. The van der Waals surface area contributed by atoms with Crippen molar-refractivity contribution in [3.8, 4) is 0 Å². The quantitative estimate of drug-likeness (QED) is 0.644. The highest BCUT2D eigenvalue weighted by molar-refractivity contribution is 5.89. The number of nitrogens with one attached hydrogen (secondary N) is 2. The van der Waals surface area contributed by atoms with E-state index in [-0.39, 0.29) is 11.6 Å². The van der Waals surface area contributed by atoms with E-state index in [9.17, 15) is 4.79 Å². The average molecular weight is 403 g/mol. The number of carbonyl (C=O) groups is 1. The van der Waals surface area contributed by atoms with Crippen LogP contribution in [0.1, 0.15) is 32.3 Å². The second-order valence-corrected chi connectivity index (χ2v) is 7.59. The van der Waals surface area contributed by atoms with Crippen LogP contribution in [0.5, 0.6) is 0 Å². The van der Waals surface area contributed by atoms with Crippen molar-refractivity contribution in [2.24, 2.45) is 4.99 Å². The summed E-state index contributed by atoms with van der Waals surface area (Å²) in [4.78, 5) is 19.0. The molecule has 1 saturated heterocycles. The molecule has 0 aromatic heterocycles. The molecule has 1 fully saturated rings. The molecule has 0 bridgehead atoms. The van der Waals surface area contributed by atoms with Crippen LogP contribution in [-0.2, 0) is 5.54 Å². The van der Waals surface area contributed by atoms with E-state index in [0.29, 0.717) is 18.9 Å². The Morgan fingerprint density at radius 1 is 1.07 bits per heavy atom. The highest BCUT2D eigenvalue weighted by atomic mass is 16.2. The van der Waals surface area contributed by atoms with Crippen LogP contribution in [-0.4, -0.2) is 30.2 Å². The Morgan fingerprint density at radius 2 is 1.67 bits per heavy atom. The lowest BCUT2D eigenvalue weighted by Crippen LogP contribution is -2.52. The Bertz CT molecular complexity index is 911. The van der Waals surface area contributed by atoms with Gasteiger partial charge in [0.15, 0.2) is 0 Å². The van der Waals surface area contributed by atoms with Gasteiger partial charge in [-0.2, -0.15) is 0 Å². The number of urea groups is 1. The van der Waals surface area contributed by atoms with E-state index < -0.39 is 0 Å². The molecule has 2 aromatic rings. The molecular formula is C25H30N4O. The van der Waals surface area contributed by atoms with E-state index in [2.05, 4.69) is 34.3 Å². The van der Waals surface area contributed by atoms with Gasteiger partial charge in [-0.15, -0.1) is 0 Å². The third-order valence-electron chi connectivity index (χ3n) is 5.52. The SMILES string of the molecule is C=C(/N=C\C(C)=C/C)NC1(c2ccccc2)CCN(C(=O)Nc2ccccc2)CC1. The number of para-hydroxylation sites is 1. The zero-order chi connectivity index (χ0) is 21.4. The van der Waals surface area contributed by atoms with Gasteiger partial charge in [-0.25, -0.2) is 9.79 Å². The van der Waals surface area contributed by atoms with Crippen molar-refractivity contribution >= 4 is 17.9 Å². The second-order valence-electron chi connectivity index (χ2n) is 7.59. The minimum absolute atomic E-state index is 0.0663. The number of allylic oxidation sites excluding steroid dienone is 2. The van der Waals surface area contributed by atoms with Gasteiger partial charge in [-0.1, -0.05) is 61.2 Å². The largest absolute Gasteiger partial charge is 0.361 e. The first kappa shape index (κ1) is 21.4. The van der Waals surface area contributed by atoms with Crippen molar-refractivity contribution in [1.82, 2.24) is 10.2 Å². The van der Waals surface area contributed by atoms with Crippen LogP contribution in [0, 0.1) is 0 Å². The molecule has 0 radical (unpaired) electrons. The van der Waals surface area contributed by atoms with E-state index in [1.54, 1.807) is 0 Å². The summed E-state index contributed by atoms with van der Waals surface area (Å²) in [6, 6.07) is 19.8. The molecule has 1 heterocycles. The molecule has 5 heteroatoms. The smallest absolute Gasteiger partial charge is 0.321 e. The second kappa shape index (κ2) is 9.92. The number of nitrogens with zero attached hydrogens (tertiary/aromatic N) is 2. The van der Waals surface area contributed by atoms with Crippen molar-refractivity contribution in [3.05, 3.63) is 90.3 Å². The van der Waals surface area contributed by atoms with Gasteiger partial charge >= 0.3 is 6.03 Å². The monoisotopic (exact) mass is 402 g/mol. The lowest BCUT2D eigenvalue weighted by molar-refractivity contribution is 0.155. The number of rotatable bonds is 6. The summed E-state index contributed by atoms with van der Waals surface area (Å²) in [6.45, 7) is 9.39. The third-order valence-corrected chi connectivity index (χ3v) is 5.52. The summed E-state index contributed by atoms with van der Waals surface area (Å²) in [5, 5.41) is 6.54. The predicted octanol–water partition coefficient (Wildman–Crippen LogP) is 5.31. The molecule has 0 aliphatic carbocycles. The fourth-order valence-electron chi connectivity index (χ4n) is 3.62. The third kappa shape index (κ3) is 5.38. The first-order valence-corrected chi connectivity index (χ1v) is 10.3. The van der Waals surface area contributed by atoms with Crippen molar-refractivity contribution in [2.45, 2.75) is 32.2 Å². The fraction of sp³-hybridized carbons (Fsp3) is 0.280. The minimum atomic E-state index is -0.303. The van der Waals surface area contributed by atoms with Gasteiger partial charge in [0.25, 0.3) is 0 Å². The molecule has 2 aromatic carbocycles. The van der Waals surface area contributed by atoms with E-state index in [1.807, 2.05) is 79.6 Å². The zero-order valence-corrected chi connectivity index (χ0v) is 17.8. The maximum Gasteiger partial charge on any atom is 0.321 e. The van der Waals surface area contributed by atoms with Crippen molar-refractivity contribution in [2.75, 3.05) is 18.4 Å². The van der Waals surface area contributed by atoms with Gasteiger partial charge in [0, 0.05) is 25.0 Å². The summed E-state index contributed by atoms with van der Waals surface area (Å²) in [6.07, 6.45) is 5.37. The topological polar surface area (TPSA) is 56.7 Å². The molecule has 1 aliphatic heterocycles. The van der Waals surface area contributed by atoms with Crippen molar-refractivity contribution in [1.29, 1.82) is 0 Å². The molecular weight excluding hydrogens is 372 g/mol. The number of benzene rings is 2. The van der Waals surface area contributed by atoms with Gasteiger partial charge in [0.2, 0.25) is 0 Å². The van der Waals surface area contributed by atoms with Gasteiger partial charge in [0.1, 0.15) is 5.82 Å². The van der Waals surface area contributed by atoms with Crippen LogP contribution in [0.4, 0.5) is 10.5 Å². The maximum atomic E-state index is 12.7.